The summed E-state index contributed by atoms with van der Waals surface area (Å²) in [6.07, 6.45) is 1.60. The molecule has 0 heterocycles. The molecule has 0 spiro atoms. The normalized spacial score (nSPS) is 14.8. The highest BCUT2D eigenvalue weighted by Crippen LogP contribution is 2.29. The number of hydrogen-bond donors (Lipinski definition) is 4. The lowest BCUT2D eigenvalue weighted by Crippen LogP contribution is -2.61. The molecule has 0 fully saturated rings. The number of sulfonamides is 1. The molecule has 2 aromatic carbocycles. The largest absolute Gasteiger partial charge is 0.399 e. The molecule has 10 nitrogen and oxygen atoms in total. The first kappa shape index (κ1) is 37.5. The molecule has 45 heavy (non-hydrogen) atoms. The molecule has 0 saturated heterocycles. The number of anilines is 1. The number of amides is 3. The second-order valence-electron chi connectivity index (χ2n) is 13.6. The van der Waals surface area contributed by atoms with Crippen molar-refractivity contribution in [1.82, 2.24) is 20.3 Å². The Morgan fingerprint density at radius 2 is 1.49 bits per heavy atom. The molecule has 3 amide bonds. The second kappa shape index (κ2) is 15.1. The number of nitrogens with two attached hydrogens (primary N) is 1. The minimum absolute atomic E-state index is 0.131. The molecule has 11 heteroatoms. The maximum atomic E-state index is 14.1. The van der Waals surface area contributed by atoms with Gasteiger partial charge in [0.25, 0.3) is 5.91 Å². The van der Waals surface area contributed by atoms with Gasteiger partial charge in [-0.25, -0.2) is 13.1 Å². The molecule has 0 saturated carbocycles. The van der Waals surface area contributed by atoms with E-state index in [1.54, 1.807) is 62.6 Å². The number of nitrogens with one attached hydrogen (secondary N) is 3. The summed E-state index contributed by atoms with van der Waals surface area (Å²) in [5.41, 5.74) is 6.81. The van der Waals surface area contributed by atoms with Gasteiger partial charge in [-0.1, -0.05) is 97.0 Å². The Morgan fingerprint density at radius 3 is 1.98 bits per heavy atom. The number of carbonyl (C=O) groups is 3. The Kier molecular flexibility index (Phi) is 12.5. The molecule has 3 atom stereocenters. The van der Waals surface area contributed by atoms with Gasteiger partial charge in [-0.15, -0.1) is 0 Å². The lowest BCUT2D eigenvalue weighted by molar-refractivity contribution is -0.140. The summed E-state index contributed by atoms with van der Waals surface area (Å²) in [4.78, 5) is 42.3. The second-order valence-corrected chi connectivity index (χ2v) is 15.3. The van der Waals surface area contributed by atoms with Gasteiger partial charge >= 0.3 is 0 Å². The van der Waals surface area contributed by atoms with Gasteiger partial charge in [0.15, 0.2) is 0 Å². The molecule has 0 aliphatic rings. The maximum Gasteiger partial charge on any atom is 0.260 e. The molecule has 0 bridgehead atoms. The number of nitrogen functional groups attached to an aromatic ring is 1. The Hall–Kier alpha value is -3.70. The summed E-state index contributed by atoms with van der Waals surface area (Å²) in [5.74, 6) is -1.91. The summed E-state index contributed by atoms with van der Waals surface area (Å²) in [6.45, 7) is 14.8. The lowest BCUT2D eigenvalue weighted by Gasteiger charge is -2.40. The Labute approximate surface area is 269 Å². The van der Waals surface area contributed by atoms with Crippen LogP contribution in [0, 0.1) is 11.3 Å². The van der Waals surface area contributed by atoms with E-state index in [1.165, 1.54) is 11.8 Å². The van der Waals surface area contributed by atoms with Crippen molar-refractivity contribution >= 4 is 33.4 Å². The summed E-state index contributed by atoms with van der Waals surface area (Å²) >= 11 is 0. The Bertz CT molecular complexity index is 1460. The molecule has 248 valence electrons. The summed E-state index contributed by atoms with van der Waals surface area (Å²) in [5, 5.41) is 6.13. The van der Waals surface area contributed by atoms with Crippen LogP contribution >= 0.6 is 0 Å². The predicted molar refractivity (Wildman–Crippen MR) is 180 cm³/mol. The van der Waals surface area contributed by atoms with Crippen molar-refractivity contribution in [2.24, 2.45) is 11.3 Å². The monoisotopic (exact) mass is 641 g/mol. The van der Waals surface area contributed by atoms with E-state index in [1.807, 2.05) is 60.6 Å². The topological polar surface area (TPSA) is 151 Å². The van der Waals surface area contributed by atoms with Crippen LogP contribution in [0.5, 0.6) is 0 Å². The quantitative estimate of drug-likeness (QED) is 0.192. The van der Waals surface area contributed by atoms with Crippen LogP contribution in [0.25, 0.3) is 0 Å². The van der Waals surface area contributed by atoms with Crippen molar-refractivity contribution < 1.29 is 22.8 Å². The molecule has 5 N–H and O–H groups in total. The molecule has 2 aromatic rings. The fourth-order valence-electron chi connectivity index (χ4n) is 5.26. The highest BCUT2D eigenvalue weighted by atomic mass is 32.2. The van der Waals surface area contributed by atoms with Crippen LogP contribution in [0.1, 0.15) is 66.5 Å². The van der Waals surface area contributed by atoms with Crippen molar-refractivity contribution in [2.45, 2.75) is 84.7 Å². The van der Waals surface area contributed by atoms with Gasteiger partial charge in [-0.05, 0) is 48.6 Å². The summed E-state index contributed by atoms with van der Waals surface area (Å²) < 4.78 is 27.5. The van der Waals surface area contributed by atoms with Gasteiger partial charge in [0.1, 0.15) is 6.04 Å². The lowest BCUT2D eigenvalue weighted by atomic mass is 9.76. The minimum atomic E-state index is -3.94. The van der Waals surface area contributed by atoms with Gasteiger partial charge in [0, 0.05) is 23.7 Å². The molecule has 0 aliphatic heterocycles. The summed E-state index contributed by atoms with van der Waals surface area (Å²) in [7, 11) is -0.614. The van der Waals surface area contributed by atoms with Crippen LogP contribution in [0.3, 0.4) is 0 Å². The number of likely N-dealkylation sites (N-methyl/N-ethyl adjacent to an activating group) is 2. The van der Waals surface area contributed by atoms with E-state index < -0.39 is 44.9 Å². The third kappa shape index (κ3) is 10.2. The number of hydrogen-bond acceptors (Lipinski definition) is 7. The van der Waals surface area contributed by atoms with Gasteiger partial charge in [0.2, 0.25) is 21.8 Å². The number of carbonyl (C=O) groups excluding carboxylic acids is 3. The molecule has 2 rings (SSSR count). The van der Waals surface area contributed by atoms with Crippen molar-refractivity contribution in [1.29, 1.82) is 0 Å². The highest BCUT2D eigenvalue weighted by Gasteiger charge is 2.41. The number of nitrogens with zero attached hydrogens (tertiary/aromatic N) is 1. The van der Waals surface area contributed by atoms with Crippen LogP contribution in [-0.2, 0) is 35.6 Å². The van der Waals surface area contributed by atoms with E-state index in [-0.39, 0.29) is 29.1 Å². The molecule has 0 aliphatic carbocycles. The first-order chi connectivity index (χ1) is 20.7. The molecular formula is C34H51N5O5S. The van der Waals surface area contributed by atoms with Gasteiger partial charge in [-0.2, -0.15) is 0 Å². The highest BCUT2D eigenvalue weighted by molar-refractivity contribution is 7.89. The van der Waals surface area contributed by atoms with E-state index in [0.29, 0.717) is 11.3 Å². The van der Waals surface area contributed by atoms with Gasteiger partial charge in [-0.3, -0.25) is 14.4 Å². The van der Waals surface area contributed by atoms with E-state index in [0.717, 1.165) is 5.56 Å². The standard InChI is InChI=1S/C34H51N5O5S/c1-22(2)27(20-23(3)30(40)38-45(43,44)21-24-14-12-11-13-15-24)39(10)32(42)29(33(4,5)6)37-31(41)28(36-9)34(7,8)25-16-18-26(35)19-17-25/h11-20,22,27-29,36H,21,35H2,1-10H3,(H,37,41)(H,38,40)/t27-,28-,29-/m1/s1. The number of rotatable bonds is 13. The first-order valence-corrected chi connectivity index (χ1v) is 16.7. The van der Waals surface area contributed by atoms with Crippen LogP contribution in [0.2, 0.25) is 0 Å². The SMILES string of the molecule is CN[C@H](C(=O)N[C@H](C(=O)N(C)[C@H](C=C(C)C(=O)NS(=O)(=O)Cc1ccccc1)C(C)C)C(C)(C)C)C(C)(C)c1ccc(N)cc1. The van der Waals surface area contributed by atoms with E-state index in [2.05, 4.69) is 15.4 Å². The van der Waals surface area contributed by atoms with Crippen molar-refractivity contribution in [3.63, 3.8) is 0 Å². The van der Waals surface area contributed by atoms with E-state index in [9.17, 15) is 22.8 Å². The zero-order valence-electron chi connectivity index (χ0n) is 28.3. The van der Waals surface area contributed by atoms with Crippen LogP contribution in [0.15, 0.2) is 66.2 Å². The fraction of sp³-hybridized carbons (Fsp3) is 0.500. The third-order valence-corrected chi connectivity index (χ3v) is 9.24. The predicted octanol–water partition coefficient (Wildman–Crippen LogP) is 3.74. The first-order valence-electron chi connectivity index (χ1n) is 15.1. The Morgan fingerprint density at radius 1 is 0.933 bits per heavy atom. The van der Waals surface area contributed by atoms with Crippen LogP contribution in [0.4, 0.5) is 5.69 Å². The van der Waals surface area contributed by atoms with Crippen molar-refractivity contribution in [2.75, 3.05) is 19.8 Å². The molecule has 0 unspecified atom stereocenters. The van der Waals surface area contributed by atoms with E-state index >= 15 is 0 Å². The zero-order chi connectivity index (χ0) is 34.3. The molecule has 0 aromatic heterocycles. The minimum Gasteiger partial charge on any atom is -0.399 e. The average Bonchev–Trinajstić information content (AvgIpc) is 2.93. The smallest absolute Gasteiger partial charge is 0.260 e. The fourth-order valence-corrected chi connectivity index (χ4v) is 6.41. The zero-order valence-corrected chi connectivity index (χ0v) is 29.1. The third-order valence-electron chi connectivity index (χ3n) is 8.03. The van der Waals surface area contributed by atoms with Gasteiger partial charge < -0.3 is 21.3 Å². The average molecular weight is 642 g/mol. The summed E-state index contributed by atoms with van der Waals surface area (Å²) in [6, 6.07) is 13.8. The maximum absolute atomic E-state index is 14.1. The Balaban J connectivity index is 2.30. The van der Waals surface area contributed by atoms with Crippen LogP contribution in [-0.4, -0.2) is 63.3 Å². The number of benzene rings is 2. The van der Waals surface area contributed by atoms with E-state index in [4.69, 9.17) is 5.73 Å². The van der Waals surface area contributed by atoms with Crippen molar-refractivity contribution in [3.8, 4) is 0 Å². The van der Waals surface area contributed by atoms with Crippen LogP contribution < -0.4 is 21.1 Å². The van der Waals surface area contributed by atoms with Gasteiger partial charge in [0.05, 0.1) is 17.8 Å². The van der Waals surface area contributed by atoms with Crippen molar-refractivity contribution in [3.05, 3.63) is 77.4 Å². The molecular weight excluding hydrogens is 590 g/mol. The molecule has 0 radical (unpaired) electrons.